The molecule has 1 nitrogen and oxygen atoms in total. The molecule has 0 heterocycles. The van der Waals surface area contributed by atoms with Gasteiger partial charge in [0.1, 0.15) is 0 Å². The number of rotatable bonds is 4. The van der Waals surface area contributed by atoms with Crippen molar-refractivity contribution < 1.29 is 0 Å². The Kier molecular flexibility index (Phi) is 4.00. The Bertz CT molecular complexity index is 328. The summed E-state index contributed by atoms with van der Waals surface area (Å²) in [5, 5.41) is 3.80. The monoisotopic (exact) mass is 217 g/mol. The first-order chi connectivity index (χ1) is 7.83. The third-order valence-electron chi connectivity index (χ3n) is 3.80. The maximum atomic E-state index is 3.80. The lowest BCUT2D eigenvalue weighted by molar-refractivity contribution is 0.378. The van der Waals surface area contributed by atoms with Gasteiger partial charge in [-0.25, -0.2) is 0 Å². The van der Waals surface area contributed by atoms with Gasteiger partial charge in [0.05, 0.1) is 0 Å². The van der Waals surface area contributed by atoms with Crippen LogP contribution in [0.2, 0.25) is 0 Å². The molecule has 1 atom stereocenters. The normalized spacial score (nSPS) is 19.8. The largest absolute Gasteiger partial charge is 0.311 e. The van der Waals surface area contributed by atoms with Gasteiger partial charge < -0.3 is 5.32 Å². The van der Waals surface area contributed by atoms with Crippen molar-refractivity contribution in [1.29, 1.82) is 0 Å². The molecule has 2 rings (SSSR count). The van der Waals surface area contributed by atoms with E-state index < -0.39 is 0 Å². The summed E-state index contributed by atoms with van der Waals surface area (Å²) >= 11 is 0. The van der Waals surface area contributed by atoms with Crippen LogP contribution >= 0.6 is 0 Å². The lowest BCUT2D eigenvalue weighted by Gasteiger charge is -2.29. The molecule has 0 aromatic heterocycles. The van der Waals surface area contributed by atoms with Crippen LogP contribution in [0, 0.1) is 0 Å². The molecular formula is C15H23N. The molecule has 0 spiro atoms. The summed E-state index contributed by atoms with van der Waals surface area (Å²) in [6.45, 7) is 4.55. The van der Waals surface area contributed by atoms with E-state index in [-0.39, 0.29) is 0 Å². The fourth-order valence-corrected chi connectivity index (χ4v) is 2.70. The Morgan fingerprint density at radius 1 is 1.19 bits per heavy atom. The topological polar surface area (TPSA) is 12.0 Å². The molecule has 1 aromatic carbocycles. The highest BCUT2D eigenvalue weighted by Gasteiger charge is 2.19. The van der Waals surface area contributed by atoms with E-state index >= 15 is 0 Å². The zero-order chi connectivity index (χ0) is 11.4. The molecule has 0 fully saturated rings. The molecule has 0 saturated carbocycles. The van der Waals surface area contributed by atoms with Crippen molar-refractivity contribution in [2.75, 3.05) is 0 Å². The minimum Gasteiger partial charge on any atom is -0.311 e. The fraction of sp³-hybridized carbons (Fsp3) is 0.600. The van der Waals surface area contributed by atoms with E-state index in [0.717, 1.165) is 0 Å². The summed E-state index contributed by atoms with van der Waals surface area (Å²) in [4.78, 5) is 0. The van der Waals surface area contributed by atoms with Crippen LogP contribution in [-0.4, -0.2) is 12.1 Å². The van der Waals surface area contributed by atoms with Crippen molar-refractivity contribution in [3.63, 3.8) is 0 Å². The van der Waals surface area contributed by atoms with Gasteiger partial charge >= 0.3 is 0 Å². The average Bonchev–Trinajstić information content (AvgIpc) is 2.35. The van der Waals surface area contributed by atoms with Gasteiger partial charge in [-0.3, -0.25) is 0 Å². The lowest BCUT2D eigenvalue weighted by atomic mass is 9.88. The maximum absolute atomic E-state index is 3.80. The Morgan fingerprint density at radius 3 is 2.56 bits per heavy atom. The minimum atomic E-state index is 0.694. The van der Waals surface area contributed by atoms with Crippen LogP contribution < -0.4 is 5.32 Å². The molecule has 0 radical (unpaired) electrons. The summed E-state index contributed by atoms with van der Waals surface area (Å²) in [5.41, 5.74) is 3.11. The van der Waals surface area contributed by atoms with Gasteiger partial charge in [-0.2, -0.15) is 0 Å². The first-order valence-electron chi connectivity index (χ1n) is 6.66. The predicted octanol–water partition coefficient (Wildman–Crippen LogP) is 3.32. The smallest absolute Gasteiger partial charge is 0.0113 e. The average molecular weight is 217 g/mol. The van der Waals surface area contributed by atoms with Crippen LogP contribution in [0.5, 0.6) is 0 Å². The van der Waals surface area contributed by atoms with Gasteiger partial charge in [-0.05, 0) is 43.2 Å². The third kappa shape index (κ3) is 2.65. The van der Waals surface area contributed by atoms with Crippen LogP contribution in [0.4, 0.5) is 0 Å². The molecule has 0 saturated heterocycles. The van der Waals surface area contributed by atoms with Gasteiger partial charge in [-0.1, -0.05) is 38.1 Å². The molecule has 0 aliphatic heterocycles. The van der Waals surface area contributed by atoms with Crippen molar-refractivity contribution in [3.05, 3.63) is 35.4 Å². The molecule has 1 aliphatic rings. The van der Waals surface area contributed by atoms with Crippen LogP contribution in [-0.2, 0) is 12.8 Å². The summed E-state index contributed by atoms with van der Waals surface area (Å²) in [7, 11) is 0. The third-order valence-corrected chi connectivity index (χ3v) is 3.80. The van der Waals surface area contributed by atoms with E-state index in [1.165, 1.54) is 32.1 Å². The Balaban J connectivity index is 1.97. The first kappa shape index (κ1) is 11.7. The van der Waals surface area contributed by atoms with Crippen LogP contribution in [0.15, 0.2) is 24.3 Å². The van der Waals surface area contributed by atoms with E-state index in [4.69, 9.17) is 0 Å². The zero-order valence-electron chi connectivity index (χ0n) is 10.5. The van der Waals surface area contributed by atoms with Crippen molar-refractivity contribution in [1.82, 2.24) is 5.32 Å². The molecule has 16 heavy (non-hydrogen) atoms. The van der Waals surface area contributed by atoms with Gasteiger partial charge in [0.25, 0.3) is 0 Å². The lowest BCUT2D eigenvalue weighted by Crippen LogP contribution is -2.41. The van der Waals surface area contributed by atoms with E-state index in [0.29, 0.717) is 12.1 Å². The van der Waals surface area contributed by atoms with Crippen molar-refractivity contribution >= 4 is 0 Å². The molecule has 0 bridgehead atoms. The maximum Gasteiger partial charge on any atom is 0.0113 e. The van der Waals surface area contributed by atoms with Gasteiger partial charge in [-0.15, -0.1) is 0 Å². The Morgan fingerprint density at radius 2 is 1.88 bits per heavy atom. The zero-order valence-corrected chi connectivity index (χ0v) is 10.5. The summed E-state index contributed by atoms with van der Waals surface area (Å²) in [6.07, 6.45) is 6.25. The van der Waals surface area contributed by atoms with E-state index in [2.05, 4.69) is 43.4 Å². The number of hydrogen-bond donors (Lipinski definition) is 1. The number of nitrogens with one attached hydrogen (secondary N) is 1. The van der Waals surface area contributed by atoms with E-state index in [1.54, 1.807) is 11.1 Å². The van der Waals surface area contributed by atoms with Crippen LogP contribution in [0.1, 0.15) is 44.2 Å². The number of fused-ring (bicyclic) bond motifs is 1. The molecule has 1 N–H and O–H groups in total. The van der Waals surface area contributed by atoms with Crippen molar-refractivity contribution in [2.24, 2.45) is 0 Å². The number of hydrogen-bond acceptors (Lipinski definition) is 1. The minimum absolute atomic E-state index is 0.694. The van der Waals surface area contributed by atoms with E-state index in [1.807, 2.05) is 0 Å². The quantitative estimate of drug-likeness (QED) is 0.816. The number of benzene rings is 1. The summed E-state index contributed by atoms with van der Waals surface area (Å²) in [6, 6.07) is 10.3. The fourth-order valence-electron chi connectivity index (χ4n) is 2.70. The molecule has 1 aliphatic carbocycles. The standard InChI is InChI=1S/C15H23N/c1-3-14(4-2)16-15-10-9-12-7-5-6-8-13(12)11-15/h5-8,14-16H,3-4,9-11H2,1-2H3. The summed E-state index contributed by atoms with van der Waals surface area (Å²) < 4.78 is 0. The van der Waals surface area contributed by atoms with Crippen molar-refractivity contribution in [3.8, 4) is 0 Å². The van der Waals surface area contributed by atoms with E-state index in [9.17, 15) is 0 Å². The second kappa shape index (κ2) is 5.49. The molecule has 1 aromatic rings. The molecule has 1 unspecified atom stereocenters. The molecule has 88 valence electrons. The first-order valence-corrected chi connectivity index (χ1v) is 6.66. The van der Waals surface area contributed by atoms with Crippen LogP contribution in [0.25, 0.3) is 0 Å². The highest BCUT2D eigenvalue weighted by molar-refractivity contribution is 5.30. The molecule has 0 amide bonds. The predicted molar refractivity (Wildman–Crippen MR) is 69.8 cm³/mol. The second-order valence-corrected chi connectivity index (χ2v) is 4.89. The van der Waals surface area contributed by atoms with Crippen LogP contribution in [0.3, 0.4) is 0 Å². The number of aryl methyl sites for hydroxylation is 1. The van der Waals surface area contributed by atoms with Gasteiger partial charge in [0, 0.05) is 12.1 Å². The van der Waals surface area contributed by atoms with Gasteiger partial charge in [0.15, 0.2) is 0 Å². The highest BCUT2D eigenvalue weighted by atomic mass is 14.9. The van der Waals surface area contributed by atoms with Gasteiger partial charge in [0.2, 0.25) is 0 Å². The summed E-state index contributed by atoms with van der Waals surface area (Å²) in [5.74, 6) is 0. The Labute approximate surface area is 99.3 Å². The SMILES string of the molecule is CCC(CC)NC1CCc2ccccc2C1. The molecule has 1 heteroatoms. The molecular weight excluding hydrogens is 194 g/mol. The highest BCUT2D eigenvalue weighted by Crippen LogP contribution is 2.21. The second-order valence-electron chi connectivity index (χ2n) is 4.89. The van der Waals surface area contributed by atoms with Crippen molar-refractivity contribution in [2.45, 2.75) is 58.0 Å². The Hall–Kier alpha value is -0.820.